The van der Waals surface area contributed by atoms with Gasteiger partial charge in [0, 0.05) is 13.1 Å². The first-order valence-corrected chi connectivity index (χ1v) is 8.04. The van der Waals surface area contributed by atoms with E-state index in [1.165, 1.54) is 22.5 Å². The molecule has 0 unspecified atom stereocenters. The molecule has 0 amide bonds. The molecule has 20 heavy (non-hydrogen) atoms. The third kappa shape index (κ3) is 2.03. The zero-order valence-electron chi connectivity index (χ0n) is 11.2. The lowest BCUT2D eigenvalue weighted by atomic mass is 9.91. The second-order valence-corrected chi connectivity index (χ2v) is 7.68. The Kier molecular flexibility index (Phi) is 2.91. The Morgan fingerprint density at radius 1 is 1.40 bits per heavy atom. The summed E-state index contributed by atoms with van der Waals surface area (Å²) in [5, 5.41) is 19.1. The van der Waals surface area contributed by atoms with E-state index in [2.05, 4.69) is 0 Å². The molecule has 0 spiro atoms. The second kappa shape index (κ2) is 4.29. The molecule has 1 heterocycles. The van der Waals surface area contributed by atoms with Crippen LogP contribution in [0.2, 0.25) is 0 Å². The highest BCUT2D eigenvalue weighted by Gasteiger charge is 2.55. The number of aryl methyl sites for hydroxylation is 1. The summed E-state index contributed by atoms with van der Waals surface area (Å²) < 4.78 is 26.2. The molecule has 3 rings (SSSR count). The van der Waals surface area contributed by atoms with Crippen LogP contribution in [0, 0.1) is 24.2 Å². The molecule has 1 aliphatic carbocycles. The van der Waals surface area contributed by atoms with Crippen LogP contribution in [0.15, 0.2) is 23.1 Å². The summed E-state index contributed by atoms with van der Waals surface area (Å²) in [6, 6.07) is 6.51. The highest BCUT2D eigenvalue weighted by molar-refractivity contribution is 7.89. The maximum Gasteiger partial charge on any atom is 0.243 e. The summed E-state index contributed by atoms with van der Waals surface area (Å²) in [4.78, 5) is 0.187. The highest BCUT2D eigenvalue weighted by atomic mass is 32.2. The summed E-state index contributed by atoms with van der Waals surface area (Å²) >= 11 is 0. The van der Waals surface area contributed by atoms with Crippen molar-refractivity contribution in [3.8, 4) is 6.07 Å². The van der Waals surface area contributed by atoms with Gasteiger partial charge in [-0.2, -0.15) is 9.57 Å². The Labute approximate surface area is 118 Å². The fourth-order valence-corrected chi connectivity index (χ4v) is 4.34. The lowest BCUT2D eigenvalue weighted by molar-refractivity contribution is -0.0764. The minimum atomic E-state index is -3.56. The van der Waals surface area contributed by atoms with Crippen molar-refractivity contribution in [1.82, 2.24) is 4.31 Å². The van der Waals surface area contributed by atoms with Crippen molar-refractivity contribution in [2.45, 2.75) is 30.3 Å². The van der Waals surface area contributed by atoms with Crippen molar-refractivity contribution >= 4 is 10.0 Å². The zero-order chi connectivity index (χ0) is 14.5. The summed E-state index contributed by atoms with van der Waals surface area (Å²) in [5.41, 5.74) is 0.294. The molecule has 5 nitrogen and oxygen atoms in total. The average molecular weight is 292 g/mol. The van der Waals surface area contributed by atoms with Crippen molar-refractivity contribution in [2.24, 2.45) is 5.92 Å². The molecule has 1 aromatic rings. The number of benzene rings is 1. The average Bonchev–Trinajstić information content (AvgIpc) is 3.19. The number of sulfonamides is 1. The summed E-state index contributed by atoms with van der Waals surface area (Å²) in [6.45, 7) is 2.08. The Bertz CT molecular complexity index is 696. The number of hydrogen-bond acceptors (Lipinski definition) is 4. The van der Waals surface area contributed by atoms with E-state index in [-0.39, 0.29) is 23.9 Å². The van der Waals surface area contributed by atoms with Crippen LogP contribution in [0.5, 0.6) is 0 Å². The normalized spacial score (nSPS) is 22.1. The summed E-state index contributed by atoms with van der Waals surface area (Å²) in [5.74, 6) is 0.261. The maximum absolute atomic E-state index is 12.4. The first-order valence-electron chi connectivity index (χ1n) is 6.60. The van der Waals surface area contributed by atoms with Gasteiger partial charge in [0.25, 0.3) is 0 Å². The van der Waals surface area contributed by atoms with Crippen LogP contribution in [0.25, 0.3) is 0 Å². The van der Waals surface area contributed by atoms with Crippen LogP contribution in [-0.2, 0) is 10.0 Å². The SMILES string of the molecule is Cc1cc(S(=O)(=O)N2CC(O)(C3CC3)C2)ccc1C#N. The highest BCUT2D eigenvalue weighted by Crippen LogP contribution is 2.45. The number of nitriles is 1. The van der Waals surface area contributed by atoms with E-state index in [0.29, 0.717) is 11.1 Å². The minimum Gasteiger partial charge on any atom is -0.387 e. The minimum absolute atomic E-state index is 0.180. The van der Waals surface area contributed by atoms with E-state index in [1.54, 1.807) is 6.92 Å². The Morgan fingerprint density at radius 3 is 2.55 bits per heavy atom. The molecule has 0 aromatic heterocycles. The molecule has 0 bridgehead atoms. The predicted octanol–water partition coefficient (Wildman–Crippen LogP) is 1.01. The van der Waals surface area contributed by atoms with Gasteiger partial charge in [-0.15, -0.1) is 0 Å². The Balaban J connectivity index is 1.83. The van der Waals surface area contributed by atoms with Crippen LogP contribution in [0.3, 0.4) is 0 Å². The topological polar surface area (TPSA) is 81.4 Å². The number of nitrogens with zero attached hydrogens (tertiary/aromatic N) is 2. The zero-order valence-corrected chi connectivity index (χ0v) is 12.0. The van der Waals surface area contributed by atoms with Gasteiger partial charge >= 0.3 is 0 Å². The van der Waals surface area contributed by atoms with Crippen molar-refractivity contribution in [3.05, 3.63) is 29.3 Å². The molecule has 2 fully saturated rings. The van der Waals surface area contributed by atoms with Gasteiger partial charge in [-0.25, -0.2) is 8.42 Å². The second-order valence-electron chi connectivity index (χ2n) is 5.74. The molecule has 1 N–H and O–H groups in total. The third-order valence-electron chi connectivity index (χ3n) is 4.19. The lowest BCUT2D eigenvalue weighted by Gasteiger charge is -2.45. The van der Waals surface area contributed by atoms with E-state index in [9.17, 15) is 13.5 Å². The first kappa shape index (κ1) is 13.6. The monoisotopic (exact) mass is 292 g/mol. The maximum atomic E-state index is 12.4. The third-order valence-corrected chi connectivity index (χ3v) is 5.98. The van der Waals surface area contributed by atoms with Gasteiger partial charge in [0.1, 0.15) is 0 Å². The summed E-state index contributed by atoms with van der Waals surface area (Å²) in [7, 11) is -3.56. The van der Waals surface area contributed by atoms with Crippen LogP contribution in [0.4, 0.5) is 0 Å². The van der Waals surface area contributed by atoms with Gasteiger partial charge < -0.3 is 5.11 Å². The first-order chi connectivity index (χ1) is 9.37. The molecule has 1 aromatic carbocycles. The number of β-amino-alcohol motifs (C(OH)–C–C–N with tert-alkyl or cyclic N) is 1. The molecule has 1 saturated carbocycles. The van der Waals surface area contributed by atoms with Crippen LogP contribution in [-0.4, -0.2) is 36.5 Å². The van der Waals surface area contributed by atoms with Gasteiger partial charge in [0.05, 0.1) is 22.1 Å². The molecule has 6 heteroatoms. The molecular formula is C14H16N2O3S. The van der Waals surface area contributed by atoms with Crippen LogP contribution in [0.1, 0.15) is 24.0 Å². The van der Waals surface area contributed by atoms with Gasteiger partial charge in [-0.3, -0.25) is 0 Å². The molecule has 0 radical (unpaired) electrons. The van der Waals surface area contributed by atoms with Crippen LogP contribution < -0.4 is 0 Å². The van der Waals surface area contributed by atoms with E-state index in [4.69, 9.17) is 5.26 Å². The van der Waals surface area contributed by atoms with Gasteiger partial charge in [0.2, 0.25) is 10.0 Å². The molecule has 106 valence electrons. The quantitative estimate of drug-likeness (QED) is 0.901. The Morgan fingerprint density at radius 2 is 2.05 bits per heavy atom. The van der Waals surface area contributed by atoms with Crippen molar-refractivity contribution in [3.63, 3.8) is 0 Å². The van der Waals surface area contributed by atoms with E-state index in [1.807, 2.05) is 6.07 Å². The van der Waals surface area contributed by atoms with E-state index >= 15 is 0 Å². The molecule has 0 atom stereocenters. The number of hydrogen-bond donors (Lipinski definition) is 1. The van der Waals surface area contributed by atoms with Crippen molar-refractivity contribution in [1.29, 1.82) is 5.26 Å². The number of aliphatic hydroxyl groups is 1. The fraction of sp³-hybridized carbons (Fsp3) is 0.500. The number of rotatable bonds is 3. The molecule has 1 aliphatic heterocycles. The lowest BCUT2D eigenvalue weighted by Crippen LogP contribution is -2.64. The predicted molar refractivity (Wildman–Crippen MR) is 72.3 cm³/mol. The largest absolute Gasteiger partial charge is 0.387 e. The fourth-order valence-electron chi connectivity index (χ4n) is 2.68. The van der Waals surface area contributed by atoms with Gasteiger partial charge in [-0.1, -0.05) is 0 Å². The smallest absolute Gasteiger partial charge is 0.243 e. The molecular weight excluding hydrogens is 276 g/mol. The van der Waals surface area contributed by atoms with E-state index < -0.39 is 15.6 Å². The van der Waals surface area contributed by atoms with Crippen LogP contribution >= 0.6 is 0 Å². The summed E-state index contributed by atoms with van der Waals surface area (Å²) in [6.07, 6.45) is 1.97. The van der Waals surface area contributed by atoms with Crippen molar-refractivity contribution in [2.75, 3.05) is 13.1 Å². The van der Waals surface area contributed by atoms with Gasteiger partial charge in [-0.05, 0) is 49.4 Å². The molecule has 1 saturated heterocycles. The van der Waals surface area contributed by atoms with Gasteiger partial charge in [0.15, 0.2) is 0 Å². The molecule has 2 aliphatic rings. The van der Waals surface area contributed by atoms with E-state index in [0.717, 1.165) is 12.8 Å². The standard InChI is InChI=1S/C14H16N2O3S/c1-10-6-13(5-2-11(10)7-15)20(18,19)16-8-14(17,9-16)12-3-4-12/h2,5-6,12,17H,3-4,8-9H2,1H3. The Hall–Kier alpha value is -1.42. The van der Waals surface area contributed by atoms with Crippen molar-refractivity contribution < 1.29 is 13.5 Å².